The molecule has 2 atom stereocenters. The zero-order valence-electron chi connectivity index (χ0n) is 10.2. The van der Waals surface area contributed by atoms with Gasteiger partial charge in [0, 0.05) is 30.5 Å². The van der Waals surface area contributed by atoms with E-state index in [1.54, 1.807) is 0 Å². The second kappa shape index (κ2) is 3.68. The number of piperidine rings is 1. The second-order valence-electron chi connectivity index (χ2n) is 5.44. The van der Waals surface area contributed by atoms with Crippen LogP contribution in [0.2, 0.25) is 0 Å². The monoisotopic (exact) mass is 243 g/mol. The summed E-state index contributed by atoms with van der Waals surface area (Å²) in [5.74, 6) is 1.08. The fourth-order valence-electron chi connectivity index (χ4n) is 3.61. The minimum atomic E-state index is 0.364. The Labute approximate surface area is 106 Å². The fourth-order valence-corrected chi connectivity index (χ4v) is 3.61. The molecule has 2 aliphatic rings. The summed E-state index contributed by atoms with van der Waals surface area (Å²) in [6, 6.07) is 3.53. The zero-order valence-corrected chi connectivity index (χ0v) is 10.2. The van der Waals surface area contributed by atoms with Gasteiger partial charge in [0.05, 0.1) is 6.20 Å². The number of anilines is 1. The van der Waals surface area contributed by atoms with Crippen LogP contribution in [0, 0.1) is 0 Å². The van der Waals surface area contributed by atoms with Crippen molar-refractivity contribution in [3.05, 3.63) is 24.7 Å². The highest BCUT2D eigenvalue weighted by molar-refractivity contribution is 5.69. The van der Waals surface area contributed by atoms with Crippen molar-refractivity contribution in [3.8, 4) is 0 Å². The standard InChI is InChI=1S/C13H17N5/c14-9-7-10-1-2-11(8-9)18(10)13-12-3-4-16-17(12)6-5-15-13/h3-6,9-11H,1-2,7-8,14H2. The predicted molar refractivity (Wildman–Crippen MR) is 69.5 cm³/mol. The Morgan fingerprint density at radius 3 is 2.72 bits per heavy atom. The Hall–Kier alpha value is -1.62. The summed E-state index contributed by atoms with van der Waals surface area (Å²) in [7, 11) is 0. The third-order valence-corrected chi connectivity index (χ3v) is 4.32. The molecule has 5 nitrogen and oxygen atoms in total. The van der Waals surface area contributed by atoms with Gasteiger partial charge in [0.25, 0.3) is 0 Å². The first-order valence-corrected chi connectivity index (χ1v) is 6.65. The highest BCUT2D eigenvalue weighted by atomic mass is 15.3. The van der Waals surface area contributed by atoms with E-state index in [4.69, 9.17) is 5.73 Å². The normalized spacial score (nSPS) is 31.2. The zero-order chi connectivity index (χ0) is 12.1. The lowest BCUT2D eigenvalue weighted by molar-refractivity contribution is 0.412. The average molecular weight is 243 g/mol. The van der Waals surface area contributed by atoms with Gasteiger partial charge >= 0.3 is 0 Å². The molecule has 0 aromatic carbocycles. The number of nitrogens with zero attached hydrogens (tertiary/aromatic N) is 4. The van der Waals surface area contributed by atoms with Crippen LogP contribution in [0.25, 0.3) is 5.52 Å². The molecule has 18 heavy (non-hydrogen) atoms. The van der Waals surface area contributed by atoms with Crippen LogP contribution in [0.1, 0.15) is 25.7 Å². The second-order valence-corrected chi connectivity index (χ2v) is 5.44. The fraction of sp³-hybridized carbons (Fsp3) is 0.538. The van der Waals surface area contributed by atoms with Gasteiger partial charge in [-0.2, -0.15) is 5.10 Å². The molecule has 2 bridgehead atoms. The van der Waals surface area contributed by atoms with Crippen molar-refractivity contribution >= 4 is 11.3 Å². The van der Waals surface area contributed by atoms with E-state index >= 15 is 0 Å². The molecule has 4 rings (SSSR count). The number of fused-ring (bicyclic) bond motifs is 3. The van der Waals surface area contributed by atoms with Crippen LogP contribution in [0.15, 0.2) is 24.7 Å². The summed E-state index contributed by atoms with van der Waals surface area (Å²) in [6.07, 6.45) is 10.2. The van der Waals surface area contributed by atoms with E-state index in [0.29, 0.717) is 18.1 Å². The van der Waals surface area contributed by atoms with Crippen LogP contribution < -0.4 is 10.6 Å². The van der Waals surface area contributed by atoms with Crippen LogP contribution >= 0.6 is 0 Å². The van der Waals surface area contributed by atoms with E-state index in [-0.39, 0.29) is 0 Å². The molecule has 2 saturated heterocycles. The lowest BCUT2D eigenvalue weighted by Crippen LogP contribution is -2.48. The SMILES string of the molecule is NC1CC2CCC(C1)N2c1nccn2nccc12. The van der Waals surface area contributed by atoms with Gasteiger partial charge < -0.3 is 10.6 Å². The van der Waals surface area contributed by atoms with Gasteiger partial charge in [-0.3, -0.25) is 0 Å². The quantitative estimate of drug-likeness (QED) is 0.817. The molecule has 5 heteroatoms. The maximum Gasteiger partial charge on any atom is 0.155 e. The highest BCUT2D eigenvalue weighted by Gasteiger charge is 2.40. The largest absolute Gasteiger partial charge is 0.349 e. The molecule has 0 radical (unpaired) electrons. The van der Waals surface area contributed by atoms with Gasteiger partial charge in [-0.1, -0.05) is 0 Å². The van der Waals surface area contributed by atoms with Crippen molar-refractivity contribution in [2.24, 2.45) is 5.73 Å². The van der Waals surface area contributed by atoms with E-state index in [0.717, 1.165) is 24.2 Å². The Balaban J connectivity index is 1.81. The Bertz CT molecular complexity index is 564. The van der Waals surface area contributed by atoms with Crippen LogP contribution in [0.4, 0.5) is 5.82 Å². The van der Waals surface area contributed by atoms with Crippen LogP contribution in [0.5, 0.6) is 0 Å². The average Bonchev–Trinajstić information content (AvgIpc) is 2.92. The molecule has 2 aromatic rings. The van der Waals surface area contributed by atoms with E-state index < -0.39 is 0 Å². The van der Waals surface area contributed by atoms with E-state index in [9.17, 15) is 0 Å². The van der Waals surface area contributed by atoms with Gasteiger partial charge in [-0.05, 0) is 31.7 Å². The van der Waals surface area contributed by atoms with Gasteiger partial charge in [-0.25, -0.2) is 9.50 Å². The van der Waals surface area contributed by atoms with Crippen molar-refractivity contribution in [1.29, 1.82) is 0 Å². The topological polar surface area (TPSA) is 59.5 Å². The van der Waals surface area contributed by atoms with Crippen molar-refractivity contribution in [2.45, 2.75) is 43.8 Å². The molecule has 2 aromatic heterocycles. The maximum atomic E-state index is 6.12. The van der Waals surface area contributed by atoms with E-state index in [2.05, 4.69) is 15.0 Å². The van der Waals surface area contributed by atoms with Gasteiger partial charge in [0.15, 0.2) is 5.82 Å². The molecule has 2 fully saturated rings. The molecule has 2 aliphatic heterocycles. The highest BCUT2D eigenvalue weighted by Crippen LogP contribution is 2.39. The minimum absolute atomic E-state index is 0.364. The molecule has 0 spiro atoms. The first kappa shape index (κ1) is 10.3. The Morgan fingerprint density at radius 1 is 1.17 bits per heavy atom. The summed E-state index contributed by atoms with van der Waals surface area (Å²) >= 11 is 0. The third kappa shape index (κ3) is 1.37. The molecular weight excluding hydrogens is 226 g/mol. The summed E-state index contributed by atoms with van der Waals surface area (Å²) in [4.78, 5) is 7.08. The Kier molecular flexibility index (Phi) is 2.11. The van der Waals surface area contributed by atoms with Gasteiger partial charge in [0.2, 0.25) is 0 Å². The molecule has 2 N–H and O–H groups in total. The summed E-state index contributed by atoms with van der Waals surface area (Å²) in [6.45, 7) is 0. The molecule has 0 amide bonds. The number of hydrogen-bond donors (Lipinski definition) is 1. The predicted octanol–water partition coefficient (Wildman–Crippen LogP) is 1.19. The van der Waals surface area contributed by atoms with Gasteiger partial charge in [-0.15, -0.1) is 0 Å². The Morgan fingerprint density at radius 2 is 1.94 bits per heavy atom. The van der Waals surface area contributed by atoms with Crippen molar-refractivity contribution in [3.63, 3.8) is 0 Å². The van der Waals surface area contributed by atoms with E-state index in [1.807, 2.05) is 29.2 Å². The molecule has 0 saturated carbocycles. The van der Waals surface area contributed by atoms with Crippen molar-refractivity contribution in [2.75, 3.05) is 4.90 Å². The van der Waals surface area contributed by atoms with Crippen molar-refractivity contribution in [1.82, 2.24) is 14.6 Å². The smallest absolute Gasteiger partial charge is 0.155 e. The van der Waals surface area contributed by atoms with Crippen LogP contribution in [0.3, 0.4) is 0 Å². The first-order chi connectivity index (χ1) is 8.83. The summed E-state index contributed by atoms with van der Waals surface area (Å²) in [5.41, 5.74) is 7.23. The maximum absolute atomic E-state index is 6.12. The molecule has 0 aliphatic carbocycles. The summed E-state index contributed by atoms with van der Waals surface area (Å²) in [5, 5.41) is 4.28. The first-order valence-electron chi connectivity index (χ1n) is 6.65. The van der Waals surface area contributed by atoms with Crippen LogP contribution in [-0.2, 0) is 0 Å². The number of hydrogen-bond acceptors (Lipinski definition) is 4. The molecule has 4 heterocycles. The molecule has 2 unspecified atom stereocenters. The molecule has 94 valence electrons. The lowest BCUT2D eigenvalue weighted by atomic mass is 9.98. The minimum Gasteiger partial charge on any atom is -0.349 e. The van der Waals surface area contributed by atoms with Crippen molar-refractivity contribution < 1.29 is 0 Å². The summed E-state index contributed by atoms with van der Waals surface area (Å²) < 4.78 is 1.90. The number of aromatic nitrogens is 3. The number of rotatable bonds is 1. The third-order valence-electron chi connectivity index (χ3n) is 4.32. The lowest BCUT2D eigenvalue weighted by Gasteiger charge is -2.38. The molecular formula is C13H17N5. The van der Waals surface area contributed by atoms with Gasteiger partial charge in [0.1, 0.15) is 5.52 Å². The van der Waals surface area contributed by atoms with Crippen LogP contribution in [-0.4, -0.2) is 32.7 Å². The van der Waals surface area contributed by atoms with E-state index in [1.165, 1.54) is 12.8 Å². The number of nitrogens with two attached hydrogens (primary N) is 1.